The summed E-state index contributed by atoms with van der Waals surface area (Å²) >= 11 is 1.25. The Bertz CT molecular complexity index is 4930. The number of ether oxygens (including phenoxy) is 3. The van der Waals surface area contributed by atoms with Crippen LogP contribution in [0.3, 0.4) is 0 Å². The Balaban J connectivity index is 0.881. The van der Waals surface area contributed by atoms with E-state index in [0.717, 1.165) is 49.7 Å². The Kier molecular flexibility index (Phi) is 45.4. The van der Waals surface area contributed by atoms with Crippen molar-refractivity contribution in [3.8, 4) is 11.8 Å². The summed E-state index contributed by atoms with van der Waals surface area (Å²) in [6.07, 6.45) is 4.66. The summed E-state index contributed by atoms with van der Waals surface area (Å²) in [6.45, 7) is 27.5. The molecule has 4 aromatic carbocycles. The van der Waals surface area contributed by atoms with E-state index in [0.29, 0.717) is 85.1 Å². The van der Waals surface area contributed by atoms with Gasteiger partial charge in [-0.3, -0.25) is 62.4 Å². The number of aromatic nitrogens is 1. The summed E-state index contributed by atoms with van der Waals surface area (Å²) in [5.74, 6) is -1.88. The second-order valence-electron chi connectivity index (χ2n) is 38.4. The van der Waals surface area contributed by atoms with E-state index >= 15 is 4.79 Å². The number of anilines is 3. The number of aliphatic hydroxyl groups is 1. The molecule has 1 saturated heterocycles. The maximum absolute atomic E-state index is 15.2. The first kappa shape index (κ1) is 112. The van der Waals surface area contributed by atoms with Crippen molar-refractivity contribution in [2.24, 2.45) is 39.7 Å². The molecule has 0 aliphatic carbocycles. The van der Waals surface area contributed by atoms with E-state index in [1.165, 1.54) is 23.5 Å². The van der Waals surface area contributed by atoms with Crippen LogP contribution in [0.5, 0.6) is 0 Å². The van der Waals surface area contributed by atoms with Gasteiger partial charge in [-0.15, -0.1) is 11.3 Å². The Morgan fingerprint density at radius 2 is 1.32 bits per heavy atom. The molecule has 1 fully saturated rings. The average molecular weight is 1920 g/mol. The van der Waals surface area contributed by atoms with Crippen LogP contribution in [0, 0.1) is 45.8 Å². The number of benzene rings is 4. The number of carboxylic acid groups (broad SMARTS) is 2. The first-order valence-electron chi connectivity index (χ1n) is 47.8. The number of nitrogens with zero attached hydrogens (tertiary/aromatic N) is 4. The second-order valence-corrected chi connectivity index (χ2v) is 39.3. The summed E-state index contributed by atoms with van der Waals surface area (Å²) in [5.41, 5.74) is 7.55. The zero-order chi connectivity index (χ0) is 101. The van der Waals surface area contributed by atoms with Crippen LogP contribution < -0.4 is 63.8 Å². The number of para-hydroxylation sites is 1. The number of thiazole rings is 1. The van der Waals surface area contributed by atoms with Crippen molar-refractivity contribution in [1.29, 1.82) is 0 Å². The number of rotatable bonds is 57. The van der Waals surface area contributed by atoms with Crippen molar-refractivity contribution < 1.29 is 96.7 Å². The number of hydrogen-bond acceptors (Lipinski definition) is 21. The van der Waals surface area contributed by atoms with Crippen molar-refractivity contribution >= 4 is 112 Å². The highest BCUT2D eigenvalue weighted by Gasteiger charge is 2.41. The molecule has 36 heteroatoms. The zero-order valence-corrected chi connectivity index (χ0v) is 82.8. The summed E-state index contributed by atoms with van der Waals surface area (Å²) in [6, 6.07) is 20.6. The SMILES string of the molecule is CCCCCCN(C(=O)[C@@H](NC(=O)[C@H]1CCCCN1CCO)[C@@H](C)CC)[C@H](C[C@@H](OCC)c1nc(C(=O)N[C@@H](Cc2ccc(NC(=O)CNC(=O)OCc3ccc(NC(=O)[C@H](CCCNC(N)=O)NC(=O)[C@@H](NC(=O)[C@H](CCC(=O)O)NC(=O)CC(C)(C)COCC(C)(C)CNC(=O)CCC(=O)N4Cc5ccccc5C#Cc5ccccc54)C(C)C)cc3)cc2)CC(C)(C)C(=O)O)cs1)C(C)C. The minimum absolute atomic E-state index is 0.0246. The molecule has 0 unspecified atom stereocenters. The number of primary amides is 1. The first-order valence-corrected chi connectivity index (χ1v) is 48.7. The summed E-state index contributed by atoms with van der Waals surface area (Å²) in [7, 11) is 0. The maximum atomic E-state index is 15.2. The fourth-order valence-corrected chi connectivity index (χ4v) is 17.1. The molecule has 1 aromatic heterocycles. The number of carbonyl (C=O) groups is 14. The summed E-state index contributed by atoms with van der Waals surface area (Å²) < 4.78 is 17.9. The van der Waals surface area contributed by atoms with Crippen LogP contribution in [0.15, 0.2) is 102 Å². The van der Waals surface area contributed by atoms with Crippen molar-refractivity contribution in [1.82, 2.24) is 57.3 Å². The second kappa shape index (κ2) is 55.5. The van der Waals surface area contributed by atoms with Crippen LogP contribution in [-0.2, 0) is 86.5 Å². The smallest absolute Gasteiger partial charge is 0.407 e. The minimum atomic E-state index is -1.42. The molecule has 5 aromatic rings. The number of urea groups is 1. The van der Waals surface area contributed by atoms with Gasteiger partial charge < -0.3 is 98.2 Å². The number of fused-ring (bicyclic) bond motifs is 2. The topological polar surface area (TPSA) is 496 Å². The lowest BCUT2D eigenvalue weighted by Crippen LogP contribution is -2.59. The Morgan fingerprint density at radius 1 is 0.657 bits per heavy atom. The molecular formula is C101H145N15O20S. The average Bonchev–Trinajstić information content (AvgIpc) is 1.62. The number of amides is 13. The van der Waals surface area contributed by atoms with Crippen LogP contribution in [-0.4, -0.2) is 221 Å². The van der Waals surface area contributed by atoms with Gasteiger partial charge in [0.15, 0.2) is 0 Å². The largest absolute Gasteiger partial charge is 0.481 e. The Hall–Kier alpha value is -11.9. The number of hydrogen-bond donors (Lipinski definition) is 14. The molecule has 2 aliphatic heterocycles. The number of aliphatic hydroxyl groups excluding tert-OH is 1. The number of likely N-dealkylation sites (tertiary alicyclic amines) is 1. The number of carboxylic acids is 2. The third-order valence-corrected chi connectivity index (χ3v) is 25.2. The molecule has 0 bridgehead atoms. The van der Waals surface area contributed by atoms with Crippen molar-refractivity contribution in [2.75, 3.05) is 81.2 Å². The van der Waals surface area contributed by atoms with Gasteiger partial charge in [0, 0.05) is 110 Å². The van der Waals surface area contributed by atoms with Gasteiger partial charge in [0.1, 0.15) is 54.1 Å². The van der Waals surface area contributed by atoms with E-state index in [1.807, 2.05) is 92.9 Å². The minimum Gasteiger partial charge on any atom is -0.481 e. The number of unbranched alkanes of at least 4 members (excludes halogenated alkanes) is 3. The monoisotopic (exact) mass is 1920 g/mol. The molecule has 9 atom stereocenters. The van der Waals surface area contributed by atoms with Gasteiger partial charge in [-0.25, -0.2) is 14.6 Å². The summed E-state index contributed by atoms with van der Waals surface area (Å²) in [5, 5.41) is 59.4. The molecule has 2 aliphatic rings. The number of alkyl carbamates (subject to hydrolysis) is 1. The normalized spacial score (nSPS) is 15.0. The number of aliphatic carboxylic acids is 2. The molecule has 0 saturated carbocycles. The number of carbonyl (C=O) groups excluding carboxylic acids is 12. The predicted octanol–water partition coefficient (Wildman–Crippen LogP) is 10.8. The first-order chi connectivity index (χ1) is 65.0. The lowest BCUT2D eigenvalue weighted by atomic mass is 9.84. The lowest BCUT2D eigenvalue weighted by molar-refractivity contribution is -0.147. The molecule has 35 nitrogen and oxygen atoms in total. The van der Waals surface area contributed by atoms with Crippen LogP contribution in [0.4, 0.5) is 26.7 Å². The van der Waals surface area contributed by atoms with E-state index in [1.54, 1.807) is 88.2 Å². The lowest BCUT2D eigenvalue weighted by Gasteiger charge is -2.40. The molecule has 13 amide bonds. The zero-order valence-electron chi connectivity index (χ0n) is 81.9. The Labute approximate surface area is 809 Å². The van der Waals surface area contributed by atoms with E-state index in [4.69, 9.17) is 24.9 Å². The highest BCUT2D eigenvalue weighted by atomic mass is 32.1. The summed E-state index contributed by atoms with van der Waals surface area (Å²) in [4.78, 5) is 200. The highest BCUT2D eigenvalue weighted by Crippen LogP contribution is 2.35. The van der Waals surface area contributed by atoms with Gasteiger partial charge in [0.2, 0.25) is 53.2 Å². The van der Waals surface area contributed by atoms with Gasteiger partial charge in [-0.2, -0.15) is 0 Å². The van der Waals surface area contributed by atoms with Gasteiger partial charge >= 0.3 is 24.1 Å². The molecule has 0 spiro atoms. The molecule has 15 N–H and O–H groups in total. The molecule has 3 heterocycles. The molecular weight excluding hydrogens is 1780 g/mol. The standard InChI is InChI=1S/C101H145N15O20S/c1-15-18-19-25-50-115(95(129)88(66(8)16-2)113-92(127)79-33-24-26-49-114(79)51-52-117)80(64(4)5)54-81(135-17-3)94-111-77(60-137-94)91(126)108-74(55-101(13,14)96(130)131)53-67-34-40-72(41-35-67)106-84(120)57-104-98(133)136-59-68-36-42-73(43-37-68)107-89(124)75(31-27-48-103-97(102)132)110-93(128)87(65(6)7)112-90(125)76(44-47-86(122)123)109-83(119)56-99(9,10)62-134-63-100(11,12)61-105-82(118)45-46-85(121)116-58-71-30-21-20-28-69(71)38-39-70-29-22-23-32-78(70)116/h20-23,28-30,32,34-37,40-43,60,64-66,74-76,79-81,87-88,117H,15-19,24-27,31,33,44-59,61-63H2,1-14H3,(H,104,133)(H,105,118)(H,106,120)(H,107,124)(H,108,126)(H,109,119)(H,110,128)(H,112,125)(H,113,127)(H,122,123)(H,130,131)(H3,102,103,132)/t66-,74-,75-,76-,79+,80+,81+,87-,88-/m0/s1. The quantitative estimate of drug-likeness (QED) is 0.0127. The Morgan fingerprint density at radius 3 is 1.98 bits per heavy atom. The van der Waals surface area contributed by atoms with Crippen LogP contribution in [0.25, 0.3) is 0 Å². The van der Waals surface area contributed by atoms with Gasteiger partial charge in [-0.1, -0.05) is 175 Å². The van der Waals surface area contributed by atoms with Gasteiger partial charge in [-0.05, 0) is 161 Å². The molecule has 0 radical (unpaired) electrons. The number of nitrogens with one attached hydrogen (secondary N) is 10. The van der Waals surface area contributed by atoms with Crippen LogP contribution in [0.2, 0.25) is 0 Å². The molecule has 137 heavy (non-hydrogen) atoms. The van der Waals surface area contributed by atoms with Crippen LogP contribution >= 0.6 is 11.3 Å². The third-order valence-electron chi connectivity index (χ3n) is 24.3. The fourth-order valence-electron chi connectivity index (χ4n) is 16.3. The number of β-amino-alcohol motifs (C(OH)–C–C–N with tert-alkyl or cyclic N) is 1. The third kappa shape index (κ3) is 37.5. The molecule has 7 rings (SSSR count). The highest BCUT2D eigenvalue weighted by molar-refractivity contribution is 7.09. The van der Waals surface area contributed by atoms with E-state index in [2.05, 4.69) is 85.8 Å². The van der Waals surface area contributed by atoms with Gasteiger partial charge in [0.25, 0.3) is 5.91 Å². The van der Waals surface area contributed by atoms with Crippen molar-refractivity contribution in [3.63, 3.8) is 0 Å². The van der Waals surface area contributed by atoms with E-state index in [9.17, 15) is 77.6 Å². The van der Waals surface area contributed by atoms with Crippen molar-refractivity contribution in [2.45, 2.75) is 274 Å². The van der Waals surface area contributed by atoms with E-state index in [-0.39, 0.29) is 144 Å². The molecule has 750 valence electrons. The van der Waals surface area contributed by atoms with E-state index < -0.39 is 137 Å². The van der Waals surface area contributed by atoms with Crippen LogP contribution in [0.1, 0.15) is 256 Å². The number of nitrogens with two attached hydrogens (primary N) is 1. The fraction of sp³-hybridized carbons (Fsp3) is 0.574. The van der Waals surface area contributed by atoms with Crippen molar-refractivity contribution in [3.05, 3.63) is 141 Å². The predicted molar refractivity (Wildman–Crippen MR) is 522 cm³/mol. The van der Waals surface area contributed by atoms with Gasteiger partial charge in [0.05, 0.1) is 43.5 Å². The maximum Gasteiger partial charge on any atom is 0.407 e. The number of piperidine rings is 1.